The van der Waals surface area contributed by atoms with Crippen LogP contribution in [0, 0.1) is 0 Å². The number of unbranched alkanes of at least 4 members (excludes halogenated alkanes) is 1. The number of aromatic nitrogens is 1. The molecule has 0 atom stereocenters. The molecular weight excluding hydrogens is 298 g/mol. The smallest absolute Gasteiger partial charge is 0.408 e. The molecule has 2 amide bonds. The minimum atomic E-state index is -4.02. The highest BCUT2D eigenvalue weighted by atomic mass is 32.2. The summed E-state index contributed by atoms with van der Waals surface area (Å²) in [5.74, 6) is -0.676. The highest BCUT2D eigenvalue weighted by Gasteiger charge is 2.18. The van der Waals surface area contributed by atoms with Crippen LogP contribution in [-0.2, 0) is 10.0 Å². The Labute approximate surface area is 120 Å². The number of fused-ring (bicyclic) bond motifs is 1. The maximum absolute atomic E-state index is 12.0. The lowest BCUT2D eigenvalue weighted by molar-refractivity contribution is 0.245. The molecule has 9 heteroatoms. The van der Waals surface area contributed by atoms with Crippen molar-refractivity contribution in [2.75, 3.05) is 6.54 Å². The molecular formula is C12H15N3O5S. The summed E-state index contributed by atoms with van der Waals surface area (Å²) >= 11 is 0. The molecule has 0 bridgehead atoms. The normalized spacial score (nSPS) is 11.5. The number of H-pyrrole nitrogens is 1. The molecule has 3 N–H and O–H groups in total. The number of hydrogen-bond donors (Lipinski definition) is 3. The van der Waals surface area contributed by atoms with Gasteiger partial charge in [-0.1, -0.05) is 13.3 Å². The molecule has 0 aliphatic rings. The number of rotatable bonds is 5. The van der Waals surface area contributed by atoms with E-state index in [0.717, 1.165) is 12.8 Å². The number of oxazole rings is 1. The van der Waals surface area contributed by atoms with E-state index in [0.29, 0.717) is 12.1 Å². The molecule has 0 unspecified atom stereocenters. The van der Waals surface area contributed by atoms with Gasteiger partial charge in [0.25, 0.3) is 10.0 Å². The van der Waals surface area contributed by atoms with Gasteiger partial charge in [-0.05, 0) is 18.6 Å². The van der Waals surface area contributed by atoms with Crippen LogP contribution in [0.1, 0.15) is 19.8 Å². The summed E-state index contributed by atoms with van der Waals surface area (Å²) in [5, 5.41) is 2.44. The van der Waals surface area contributed by atoms with E-state index in [-0.39, 0.29) is 10.5 Å². The van der Waals surface area contributed by atoms with Gasteiger partial charge in [0.05, 0.1) is 10.4 Å². The summed E-state index contributed by atoms with van der Waals surface area (Å²) in [5.41, 5.74) is 0.487. The topological polar surface area (TPSA) is 121 Å². The van der Waals surface area contributed by atoms with Crippen LogP contribution in [0.4, 0.5) is 4.79 Å². The molecule has 0 fully saturated rings. The van der Waals surface area contributed by atoms with Crippen LogP contribution in [0.2, 0.25) is 0 Å². The second-order valence-corrected chi connectivity index (χ2v) is 6.07. The first-order valence-corrected chi connectivity index (χ1v) is 7.84. The molecule has 2 rings (SSSR count). The van der Waals surface area contributed by atoms with Crippen molar-refractivity contribution in [2.24, 2.45) is 0 Å². The van der Waals surface area contributed by atoms with Gasteiger partial charge in [0.1, 0.15) is 0 Å². The Kier molecular flexibility index (Phi) is 4.32. The summed E-state index contributed by atoms with van der Waals surface area (Å²) in [6, 6.07) is 3.05. The summed E-state index contributed by atoms with van der Waals surface area (Å²) in [6.45, 7) is 2.35. The van der Waals surface area contributed by atoms with E-state index >= 15 is 0 Å². The van der Waals surface area contributed by atoms with Crippen molar-refractivity contribution in [1.82, 2.24) is 15.0 Å². The minimum Gasteiger partial charge on any atom is -0.408 e. The molecule has 0 aliphatic carbocycles. The van der Waals surface area contributed by atoms with E-state index in [1.165, 1.54) is 18.2 Å². The SMILES string of the molecule is CCCCNC(=O)NS(=O)(=O)c1ccc2[nH]c(=O)oc2c1. The number of aromatic amines is 1. The van der Waals surface area contributed by atoms with Crippen LogP contribution in [0.25, 0.3) is 11.1 Å². The van der Waals surface area contributed by atoms with E-state index < -0.39 is 21.8 Å². The van der Waals surface area contributed by atoms with Crippen molar-refractivity contribution in [1.29, 1.82) is 0 Å². The average Bonchev–Trinajstić information content (AvgIpc) is 2.77. The first-order chi connectivity index (χ1) is 9.92. The lowest BCUT2D eigenvalue weighted by Crippen LogP contribution is -2.39. The summed E-state index contributed by atoms with van der Waals surface area (Å²) in [6.07, 6.45) is 1.64. The van der Waals surface area contributed by atoms with Crippen LogP contribution in [0.3, 0.4) is 0 Å². The molecule has 1 aromatic heterocycles. The Hall–Kier alpha value is -2.29. The third-order valence-corrected chi connectivity index (χ3v) is 4.07. The largest absolute Gasteiger partial charge is 0.417 e. The molecule has 1 heterocycles. The zero-order valence-corrected chi connectivity index (χ0v) is 12.1. The predicted molar refractivity (Wildman–Crippen MR) is 75.5 cm³/mol. The average molecular weight is 313 g/mol. The first kappa shape index (κ1) is 15.1. The number of sulfonamides is 1. The van der Waals surface area contributed by atoms with Gasteiger partial charge in [0, 0.05) is 12.6 Å². The molecule has 0 spiro atoms. The van der Waals surface area contributed by atoms with Gasteiger partial charge in [-0.2, -0.15) is 0 Å². The number of nitrogens with one attached hydrogen (secondary N) is 3. The van der Waals surface area contributed by atoms with Crippen LogP contribution < -0.4 is 15.8 Å². The monoisotopic (exact) mass is 313 g/mol. The third-order valence-electron chi connectivity index (χ3n) is 2.75. The predicted octanol–water partition coefficient (Wildman–Crippen LogP) is 0.909. The van der Waals surface area contributed by atoms with Gasteiger partial charge >= 0.3 is 11.8 Å². The third kappa shape index (κ3) is 3.63. The fourth-order valence-corrected chi connectivity index (χ4v) is 2.63. The maximum Gasteiger partial charge on any atom is 0.417 e. The highest BCUT2D eigenvalue weighted by molar-refractivity contribution is 7.90. The fourth-order valence-electron chi connectivity index (χ4n) is 1.69. The zero-order chi connectivity index (χ0) is 15.5. The first-order valence-electron chi connectivity index (χ1n) is 6.36. The van der Waals surface area contributed by atoms with Crippen LogP contribution in [0.5, 0.6) is 0 Å². The number of carbonyl (C=O) groups excluding carboxylic acids is 1. The molecule has 114 valence electrons. The van der Waals surface area contributed by atoms with Crippen LogP contribution >= 0.6 is 0 Å². The van der Waals surface area contributed by atoms with E-state index in [1.807, 2.05) is 11.6 Å². The number of carbonyl (C=O) groups is 1. The molecule has 1 aromatic carbocycles. The summed E-state index contributed by atoms with van der Waals surface area (Å²) in [7, 11) is -4.02. The number of hydrogen-bond acceptors (Lipinski definition) is 5. The molecule has 8 nitrogen and oxygen atoms in total. The molecule has 0 aliphatic heterocycles. The Balaban J connectivity index is 2.17. The molecule has 0 saturated heterocycles. The number of benzene rings is 1. The molecule has 2 aromatic rings. The van der Waals surface area contributed by atoms with Crippen LogP contribution in [0.15, 0.2) is 32.3 Å². The lowest BCUT2D eigenvalue weighted by atomic mass is 10.3. The van der Waals surface area contributed by atoms with E-state index in [4.69, 9.17) is 4.42 Å². The zero-order valence-electron chi connectivity index (χ0n) is 11.3. The van der Waals surface area contributed by atoms with Gasteiger partial charge in [0.15, 0.2) is 5.58 Å². The van der Waals surface area contributed by atoms with Gasteiger partial charge < -0.3 is 9.73 Å². The van der Waals surface area contributed by atoms with Gasteiger partial charge in [-0.15, -0.1) is 0 Å². The van der Waals surface area contributed by atoms with Crippen LogP contribution in [-0.4, -0.2) is 26.0 Å². The van der Waals surface area contributed by atoms with E-state index in [1.54, 1.807) is 0 Å². The fraction of sp³-hybridized carbons (Fsp3) is 0.333. The van der Waals surface area contributed by atoms with Crippen molar-refractivity contribution in [3.63, 3.8) is 0 Å². The van der Waals surface area contributed by atoms with Crippen molar-refractivity contribution in [2.45, 2.75) is 24.7 Å². The Morgan fingerprint density at radius 2 is 2.14 bits per heavy atom. The standard InChI is InChI=1S/C12H15N3O5S/c1-2-3-6-13-11(16)15-21(18,19)8-4-5-9-10(7-8)20-12(17)14-9/h4-5,7H,2-3,6H2,1H3,(H,14,17)(H2,13,15,16). The molecule has 0 radical (unpaired) electrons. The lowest BCUT2D eigenvalue weighted by Gasteiger charge is -2.08. The molecule has 21 heavy (non-hydrogen) atoms. The van der Waals surface area contributed by atoms with E-state index in [9.17, 15) is 18.0 Å². The molecule has 0 saturated carbocycles. The van der Waals surface area contributed by atoms with Crippen molar-refractivity contribution >= 4 is 27.2 Å². The van der Waals surface area contributed by atoms with Gasteiger partial charge in [0.2, 0.25) is 0 Å². The maximum atomic E-state index is 12.0. The quantitative estimate of drug-likeness (QED) is 0.708. The van der Waals surface area contributed by atoms with Crippen molar-refractivity contribution in [3.05, 3.63) is 28.7 Å². The Bertz CT molecular complexity index is 806. The number of urea groups is 1. The minimum absolute atomic E-state index is 0.106. The summed E-state index contributed by atoms with van der Waals surface area (Å²) in [4.78, 5) is 24.7. The Morgan fingerprint density at radius 1 is 1.38 bits per heavy atom. The summed E-state index contributed by atoms with van der Waals surface area (Å²) < 4.78 is 30.7. The highest BCUT2D eigenvalue weighted by Crippen LogP contribution is 2.16. The van der Waals surface area contributed by atoms with Gasteiger partial charge in [-0.25, -0.2) is 22.7 Å². The van der Waals surface area contributed by atoms with Crippen molar-refractivity contribution in [3.8, 4) is 0 Å². The second-order valence-electron chi connectivity index (χ2n) is 4.39. The second kappa shape index (κ2) is 6.00. The Morgan fingerprint density at radius 3 is 2.86 bits per heavy atom. The van der Waals surface area contributed by atoms with Crippen molar-refractivity contribution < 1.29 is 17.6 Å². The number of amides is 2. The van der Waals surface area contributed by atoms with Gasteiger partial charge in [-0.3, -0.25) is 4.98 Å². The van der Waals surface area contributed by atoms with E-state index in [2.05, 4.69) is 10.3 Å².